The molecule has 0 spiro atoms. The Morgan fingerprint density at radius 1 is 0.786 bits per heavy atom. The van der Waals surface area contributed by atoms with Crippen molar-refractivity contribution in [1.82, 2.24) is 0 Å². The van der Waals surface area contributed by atoms with Crippen LogP contribution in [-0.2, 0) is 19.4 Å². The van der Waals surface area contributed by atoms with E-state index in [0.29, 0.717) is 12.1 Å². The summed E-state index contributed by atoms with van der Waals surface area (Å²) >= 11 is 0. The topological polar surface area (TPSA) is 17.6 Å². The lowest BCUT2D eigenvalue weighted by atomic mass is 9.82. The molecule has 0 saturated carbocycles. The minimum atomic E-state index is 0.548. The second-order valence-corrected chi connectivity index (χ2v) is 8.55. The molecule has 144 valence electrons. The highest BCUT2D eigenvalue weighted by Crippen LogP contribution is 2.33. The van der Waals surface area contributed by atoms with Gasteiger partial charge in [-0.3, -0.25) is 0 Å². The number of hydrogen-bond acceptors (Lipinski definition) is 1. The van der Waals surface area contributed by atoms with Crippen LogP contribution >= 0.6 is 0 Å². The average molecular weight is 373 g/mol. The second-order valence-electron chi connectivity index (χ2n) is 8.55. The first kappa shape index (κ1) is 17.8. The van der Waals surface area contributed by atoms with Gasteiger partial charge in [0.1, 0.15) is 24.4 Å². The second kappa shape index (κ2) is 7.60. The summed E-state index contributed by atoms with van der Waals surface area (Å²) in [7, 11) is 0. The number of hydrogen-bond donors (Lipinski definition) is 1. The fourth-order valence-electron chi connectivity index (χ4n) is 5.55. The molecule has 1 heterocycles. The van der Waals surface area contributed by atoms with E-state index < -0.39 is 0 Å². The number of aryl methyl sites for hydroxylation is 3. The van der Waals surface area contributed by atoms with E-state index in [4.69, 9.17) is 4.42 Å². The highest BCUT2D eigenvalue weighted by molar-refractivity contribution is 5.33. The van der Waals surface area contributed by atoms with E-state index in [1.54, 1.807) is 27.2 Å². The van der Waals surface area contributed by atoms with Crippen LogP contribution < -0.4 is 4.90 Å². The van der Waals surface area contributed by atoms with Gasteiger partial charge >= 0.3 is 0 Å². The van der Waals surface area contributed by atoms with Crippen molar-refractivity contribution in [3.05, 3.63) is 94.4 Å². The van der Waals surface area contributed by atoms with E-state index in [2.05, 4.69) is 67.6 Å². The fourth-order valence-corrected chi connectivity index (χ4v) is 5.55. The van der Waals surface area contributed by atoms with E-state index in [9.17, 15) is 0 Å². The van der Waals surface area contributed by atoms with Crippen LogP contribution in [0.3, 0.4) is 0 Å². The lowest BCUT2D eigenvalue weighted by Gasteiger charge is -2.40. The van der Waals surface area contributed by atoms with Gasteiger partial charge in [0.2, 0.25) is 0 Å². The molecule has 1 N–H and O–H groups in total. The minimum absolute atomic E-state index is 0.548. The van der Waals surface area contributed by atoms with Gasteiger partial charge in [-0.25, -0.2) is 0 Å². The number of quaternary nitrogens is 1. The Labute approximate surface area is 168 Å². The molecule has 2 nitrogen and oxygen atoms in total. The van der Waals surface area contributed by atoms with Crippen molar-refractivity contribution in [2.24, 2.45) is 0 Å². The molecule has 0 aliphatic heterocycles. The average Bonchev–Trinajstić information content (AvgIpc) is 3.16. The number of nitrogens with one attached hydrogen (secondary N) is 1. The third kappa shape index (κ3) is 3.31. The quantitative estimate of drug-likeness (QED) is 0.672. The summed E-state index contributed by atoms with van der Waals surface area (Å²) in [6, 6.07) is 23.7. The molecule has 3 aromatic rings. The Kier molecular flexibility index (Phi) is 4.82. The molecule has 2 atom stereocenters. The van der Waals surface area contributed by atoms with Gasteiger partial charge in [-0.15, -0.1) is 0 Å². The van der Waals surface area contributed by atoms with Crippen LogP contribution in [0.5, 0.6) is 0 Å². The molecule has 28 heavy (non-hydrogen) atoms. The number of furan rings is 1. The SMILES string of the molecule is Cc1ccc(C[NH+]([C@@H]2CCCc3ccccc32)[C@@H]2CCCc3ccccc32)o1. The number of fused-ring (bicyclic) bond motifs is 2. The first-order valence-electron chi connectivity index (χ1n) is 10.9. The van der Waals surface area contributed by atoms with Gasteiger partial charge in [-0.05, 0) is 55.9 Å². The molecule has 2 heteroatoms. The summed E-state index contributed by atoms with van der Waals surface area (Å²) in [5.41, 5.74) is 6.23. The van der Waals surface area contributed by atoms with Crippen molar-refractivity contribution in [3.63, 3.8) is 0 Å². The maximum Gasteiger partial charge on any atom is 0.158 e. The normalized spacial score (nSPS) is 21.4. The van der Waals surface area contributed by atoms with Crippen molar-refractivity contribution in [2.75, 3.05) is 0 Å². The van der Waals surface area contributed by atoms with Gasteiger partial charge in [0.25, 0.3) is 0 Å². The van der Waals surface area contributed by atoms with Crippen molar-refractivity contribution in [1.29, 1.82) is 0 Å². The zero-order valence-electron chi connectivity index (χ0n) is 16.8. The maximum absolute atomic E-state index is 6.05. The highest BCUT2D eigenvalue weighted by Gasteiger charge is 2.37. The summed E-state index contributed by atoms with van der Waals surface area (Å²) in [5, 5.41) is 0. The smallest absolute Gasteiger partial charge is 0.158 e. The predicted molar refractivity (Wildman–Crippen MR) is 112 cm³/mol. The molecule has 2 aromatic carbocycles. The zero-order valence-corrected chi connectivity index (χ0v) is 16.8. The molecule has 0 bridgehead atoms. The summed E-state index contributed by atoms with van der Waals surface area (Å²) in [4.78, 5) is 1.67. The molecular weight excluding hydrogens is 342 g/mol. The standard InChI is InChI=1S/C26H29NO/c1-19-16-17-22(28-19)18-27(25-14-6-10-20-8-2-4-12-23(20)25)26-15-7-11-21-9-3-5-13-24(21)26/h2-5,8-9,12-13,16-17,25-26H,6-7,10-11,14-15,18H2,1H3/p+1/t25-,26-/m1/s1. The summed E-state index contributed by atoms with van der Waals surface area (Å²) in [6.07, 6.45) is 7.56. The molecule has 0 unspecified atom stereocenters. The largest absolute Gasteiger partial charge is 0.460 e. The Morgan fingerprint density at radius 3 is 1.89 bits per heavy atom. The number of rotatable bonds is 4. The molecule has 1 aromatic heterocycles. The van der Waals surface area contributed by atoms with Crippen LogP contribution in [0, 0.1) is 6.92 Å². The molecular formula is C26H30NO+. The molecule has 2 aliphatic carbocycles. The van der Waals surface area contributed by atoms with Gasteiger partial charge < -0.3 is 9.32 Å². The zero-order chi connectivity index (χ0) is 18.9. The van der Waals surface area contributed by atoms with Gasteiger partial charge in [0.15, 0.2) is 5.76 Å². The number of benzene rings is 2. The van der Waals surface area contributed by atoms with Crippen LogP contribution in [0.25, 0.3) is 0 Å². The Hall–Kier alpha value is -2.32. The molecule has 0 saturated heterocycles. The van der Waals surface area contributed by atoms with E-state index >= 15 is 0 Å². The fraction of sp³-hybridized carbons (Fsp3) is 0.385. The van der Waals surface area contributed by atoms with Crippen molar-refractivity contribution >= 4 is 0 Å². The van der Waals surface area contributed by atoms with E-state index in [1.807, 2.05) is 0 Å². The van der Waals surface area contributed by atoms with Crippen LogP contribution in [-0.4, -0.2) is 0 Å². The van der Waals surface area contributed by atoms with Crippen LogP contribution in [0.1, 0.15) is 71.5 Å². The third-order valence-corrected chi connectivity index (χ3v) is 6.81. The van der Waals surface area contributed by atoms with Crippen LogP contribution in [0.4, 0.5) is 0 Å². The minimum Gasteiger partial charge on any atom is -0.460 e. The Balaban J connectivity index is 1.57. The van der Waals surface area contributed by atoms with Crippen molar-refractivity contribution < 1.29 is 9.32 Å². The summed E-state index contributed by atoms with van der Waals surface area (Å²) < 4.78 is 6.05. The van der Waals surface area contributed by atoms with Gasteiger partial charge in [-0.1, -0.05) is 48.5 Å². The Bertz CT molecular complexity index is 899. The Morgan fingerprint density at radius 2 is 1.36 bits per heavy atom. The van der Waals surface area contributed by atoms with E-state index in [1.165, 1.54) is 38.5 Å². The van der Waals surface area contributed by atoms with Gasteiger partial charge in [0.05, 0.1) is 0 Å². The molecule has 0 amide bonds. The molecule has 0 radical (unpaired) electrons. The summed E-state index contributed by atoms with van der Waals surface area (Å²) in [5.74, 6) is 2.14. The lowest BCUT2D eigenvalue weighted by molar-refractivity contribution is -0.977. The maximum atomic E-state index is 6.05. The predicted octanol–water partition coefficient (Wildman–Crippen LogP) is 5.13. The van der Waals surface area contributed by atoms with Crippen LogP contribution in [0.2, 0.25) is 0 Å². The monoisotopic (exact) mass is 372 g/mol. The first-order valence-corrected chi connectivity index (χ1v) is 10.9. The highest BCUT2D eigenvalue weighted by atomic mass is 16.3. The van der Waals surface area contributed by atoms with Crippen molar-refractivity contribution in [2.45, 2.75) is 64.1 Å². The third-order valence-electron chi connectivity index (χ3n) is 6.81. The van der Waals surface area contributed by atoms with Gasteiger partial charge in [-0.2, -0.15) is 0 Å². The first-order chi connectivity index (χ1) is 13.8. The van der Waals surface area contributed by atoms with Crippen LogP contribution in [0.15, 0.2) is 65.1 Å². The van der Waals surface area contributed by atoms with Gasteiger partial charge in [0, 0.05) is 24.0 Å². The molecule has 0 fully saturated rings. The van der Waals surface area contributed by atoms with Crippen molar-refractivity contribution in [3.8, 4) is 0 Å². The molecule has 2 aliphatic rings. The van der Waals surface area contributed by atoms with E-state index in [-0.39, 0.29) is 0 Å². The summed E-state index contributed by atoms with van der Waals surface area (Å²) in [6.45, 7) is 3.01. The van der Waals surface area contributed by atoms with E-state index in [0.717, 1.165) is 18.1 Å². The molecule has 5 rings (SSSR count). The lowest BCUT2D eigenvalue weighted by Crippen LogP contribution is -3.11.